The van der Waals surface area contributed by atoms with Crippen molar-refractivity contribution in [2.24, 2.45) is 0 Å². The number of methoxy groups -OCH3 is 1. The standard InChI is InChI=1S/C19H19N3O3S/c1-24-15-7-4-13(5-8-15)6-9-17(23)22-11-14(12-22)19-20-18(21-25-19)16-3-2-10-26-16/h2-5,7-8,10,14H,6,9,11-12H2,1H3. The van der Waals surface area contributed by atoms with E-state index in [-0.39, 0.29) is 11.8 Å². The fourth-order valence-corrected chi connectivity index (χ4v) is 3.60. The fourth-order valence-electron chi connectivity index (χ4n) is 2.95. The minimum absolute atomic E-state index is 0.140. The average molecular weight is 369 g/mol. The summed E-state index contributed by atoms with van der Waals surface area (Å²) in [5.74, 6) is 2.37. The van der Waals surface area contributed by atoms with Crippen LogP contribution in [-0.2, 0) is 11.2 Å². The molecule has 134 valence electrons. The monoisotopic (exact) mass is 369 g/mol. The van der Waals surface area contributed by atoms with E-state index in [2.05, 4.69) is 10.1 Å². The number of thiophene rings is 1. The topological polar surface area (TPSA) is 68.5 Å². The smallest absolute Gasteiger partial charge is 0.233 e. The molecule has 1 saturated heterocycles. The predicted molar refractivity (Wildman–Crippen MR) is 98.2 cm³/mol. The van der Waals surface area contributed by atoms with Crippen LogP contribution in [0, 0.1) is 0 Å². The van der Waals surface area contributed by atoms with Crippen LogP contribution in [0.25, 0.3) is 10.7 Å². The van der Waals surface area contributed by atoms with E-state index in [4.69, 9.17) is 9.26 Å². The van der Waals surface area contributed by atoms with E-state index in [1.165, 1.54) is 0 Å². The van der Waals surface area contributed by atoms with E-state index < -0.39 is 0 Å². The molecular weight excluding hydrogens is 350 g/mol. The normalized spacial score (nSPS) is 14.3. The maximum atomic E-state index is 12.3. The summed E-state index contributed by atoms with van der Waals surface area (Å²) in [6.07, 6.45) is 1.23. The first kappa shape index (κ1) is 16.8. The van der Waals surface area contributed by atoms with Crippen LogP contribution < -0.4 is 4.74 Å². The number of benzene rings is 1. The van der Waals surface area contributed by atoms with Gasteiger partial charge in [-0.15, -0.1) is 11.3 Å². The third-order valence-electron chi connectivity index (χ3n) is 4.55. The molecule has 1 amide bonds. The van der Waals surface area contributed by atoms with Gasteiger partial charge in [0.2, 0.25) is 17.6 Å². The van der Waals surface area contributed by atoms with Crippen LogP contribution in [0.3, 0.4) is 0 Å². The Morgan fingerprint density at radius 2 is 2.12 bits per heavy atom. The number of aryl methyl sites for hydroxylation is 1. The second kappa shape index (κ2) is 7.29. The molecule has 0 atom stereocenters. The van der Waals surface area contributed by atoms with E-state index in [0.29, 0.717) is 31.2 Å². The summed E-state index contributed by atoms with van der Waals surface area (Å²) in [6, 6.07) is 11.8. The highest BCUT2D eigenvalue weighted by atomic mass is 32.1. The first-order chi connectivity index (χ1) is 12.7. The highest BCUT2D eigenvalue weighted by Gasteiger charge is 2.35. The maximum absolute atomic E-state index is 12.3. The van der Waals surface area contributed by atoms with Gasteiger partial charge >= 0.3 is 0 Å². The number of aromatic nitrogens is 2. The molecule has 26 heavy (non-hydrogen) atoms. The molecule has 1 aromatic carbocycles. The zero-order valence-electron chi connectivity index (χ0n) is 14.4. The van der Waals surface area contributed by atoms with Gasteiger partial charge in [-0.3, -0.25) is 4.79 Å². The van der Waals surface area contributed by atoms with Crippen molar-refractivity contribution >= 4 is 17.2 Å². The zero-order chi connectivity index (χ0) is 17.9. The molecule has 1 aliphatic rings. The van der Waals surface area contributed by atoms with Crippen LogP contribution in [0.5, 0.6) is 5.75 Å². The number of nitrogens with zero attached hydrogens (tertiary/aromatic N) is 3. The minimum Gasteiger partial charge on any atom is -0.497 e. The molecule has 1 aliphatic heterocycles. The number of hydrogen-bond donors (Lipinski definition) is 0. The summed E-state index contributed by atoms with van der Waals surface area (Å²) in [5, 5.41) is 6.02. The Balaban J connectivity index is 1.27. The van der Waals surface area contributed by atoms with Crippen molar-refractivity contribution in [2.45, 2.75) is 18.8 Å². The molecule has 0 spiro atoms. The van der Waals surface area contributed by atoms with Gasteiger partial charge in [0.15, 0.2) is 0 Å². The maximum Gasteiger partial charge on any atom is 0.233 e. The van der Waals surface area contributed by atoms with E-state index in [0.717, 1.165) is 22.6 Å². The summed E-state index contributed by atoms with van der Waals surface area (Å²) in [4.78, 5) is 19.6. The molecule has 0 unspecified atom stereocenters. The Morgan fingerprint density at radius 3 is 2.81 bits per heavy atom. The molecular formula is C19H19N3O3S. The lowest BCUT2D eigenvalue weighted by molar-refractivity contribution is -0.135. The van der Waals surface area contributed by atoms with E-state index in [1.54, 1.807) is 18.4 Å². The van der Waals surface area contributed by atoms with Crippen LogP contribution >= 0.6 is 11.3 Å². The Kier molecular flexibility index (Phi) is 4.71. The van der Waals surface area contributed by atoms with Crippen molar-refractivity contribution in [3.63, 3.8) is 0 Å². The molecule has 2 aromatic heterocycles. The van der Waals surface area contributed by atoms with E-state index in [1.807, 2.05) is 46.7 Å². The van der Waals surface area contributed by atoms with Crippen LogP contribution in [0.15, 0.2) is 46.3 Å². The molecule has 0 N–H and O–H groups in total. The Bertz CT molecular complexity index is 868. The van der Waals surface area contributed by atoms with Crippen molar-refractivity contribution in [3.05, 3.63) is 53.2 Å². The van der Waals surface area contributed by atoms with Gasteiger partial charge in [0.25, 0.3) is 0 Å². The quantitative estimate of drug-likeness (QED) is 0.666. The molecule has 3 aromatic rings. The zero-order valence-corrected chi connectivity index (χ0v) is 15.2. The van der Waals surface area contributed by atoms with Gasteiger partial charge in [-0.05, 0) is 35.6 Å². The van der Waals surface area contributed by atoms with Crippen molar-refractivity contribution in [1.29, 1.82) is 0 Å². The SMILES string of the molecule is COc1ccc(CCC(=O)N2CC(c3nc(-c4cccs4)no3)C2)cc1. The lowest BCUT2D eigenvalue weighted by Gasteiger charge is -2.37. The summed E-state index contributed by atoms with van der Waals surface area (Å²) >= 11 is 1.58. The number of hydrogen-bond acceptors (Lipinski definition) is 6. The molecule has 6 nitrogen and oxygen atoms in total. The molecule has 0 radical (unpaired) electrons. The number of carbonyl (C=O) groups excluding carboxylic acids is 1. The van der Waals surface area contributed by atoms with Crippen molar-refractivity contribution in [3.8, 4) is 16.5 Å². The first-order valence-corrected chi connectivity index (χ1v) is 9.39. The van der Waals surface area contributed by atoms with Crippen molar-refractivity contribution in [2.75, 3.05) is 20.2 Å². The Morgan fingerprint density at radius 1 is 1.31 bits per heavy atom. The highest BCUT2D eigenvalue weighted by Crippen LogP contribution is 2.29. The molecule has 0 saturated carbocycles. The number of carbonyl (C=O) groups is 1. The van der Waals surface area contributed by atoms with Gasteiger partial charge in [0.05, 0.1) is 17.9 Å². The average Bonchev–Trinajstić information content (AvgIpc) is 3.30. The predicted octanol–water partition coefficient (Wildman–Crippen LogP) is 3.37. The van der Waals surface area contributed by atoms with Gasteiger partial charge in [-0.1, -0.05) is 23.4 Å². The number of likely N-dealkylation sites (tertiary alicyclic amines) is 1. The molecule has 4 rings (SSSR count). The lowest BCUT2D eigenvalue weighted by atomic mass is 9.99. The third kappa shape index (κ3) is 3.48. The van der Waals surface area contributed by atoms with E-state index >= 15 is 0 Å². The van der Waals surface area contributed by atoms with Crippen molar-refractivity contribution < 1.29 is 14.1 Å². The largest absolute Gasteiger partial charge is 0.497 e. The van der Waals surface area contributed by atoms with Crippen LogP contribution in [0.1, 0.15) is 23.8 Å². The van der Waals surface area contributed by atoms with Gasteiger partial charge in [0, 0.05) is 19.5 Å². The van der Waals surface area contributed by atoms with Gasteiger partial charge < -0.3 is 14.2 Å². The third-order valence-corrected chi connectivity index (χ3v) is 5.42. The molecule has 7 heteroatoms. The van der Waals surface area contributed by atoms with Crippen LogP contribution in [0.2, 0.25) is 0 Å². The number of rotatable bonds is 6. The second-order valence-corrected chi connectivity index (χ2v) is 7.22. The second-order valence-electron chi connectivity index (χ2n) is 6.28. The number of ether oxygens (including phenoxy) is 1. The summed E-state index contributed by atoms with van der Waals surface area (Å²) in [7, 11) is 1.64. The van der Waals surface area contributed by atoms with Crippen LogP contribution in [0.4, 0.5) is 0 Å². The van der Waals surface area contributed by atoms with Gasteiger partial charge in [-0.2, -0.15) is 4.98 Å². The minimum atomic E-state index is 0.140. The molecule has 0 bridgehead atoms. The van der Waals surface area contributed by atoms with Gasteiger partial charge in [-0.25, -0.2) is 0 Å². The fraction of sp³-hybridized carbons (Fsp3) is 0.316. The van der Waals surface area contributed by atoms with Crippen LogP contribution in [-0.4, -0.2) is 41.1 Å². The van der Waals surface area contributed by atoms with Gasteiger partial charge in [0.1, 0.15) is 5.75 Å². The summed E-state index contributed by atoms with van der Waals surface area (Å²) < 4.78 is 10.5. The first-order valence-electron chi connectivity index (χ1n) is 8.51. The molecule has 3 heterocycles. The highest BCUT2D eigenvalue weighted by molar-refractivity contribution is 7.13. The molecule has 0 aliphatic carbocycles. The lowest BCUT2D eigenvalue weighted by Crippen LogP contribution is -2.48. The van der Waals surface area contributed by atoms with E-state index in [9.17, 15) is 4.79 Å². The number of amides is 1. The molecule has 1 fully saturated rings. The summed E-state index contributed by atoms with van der Waals surface area (Å²) in [6.45, 7) is 1.29. The Hall–Kier alpha value is -2.67. The van der Waals surface area contributed by atoms with Crippen molar-refractivity contribution in [1.82, 2.24) is 15.0 Å². The Labute approximate surface area is 155 Å². The summed E-state index contributed by atoms with van der Waals surface area (Å²) in [5.41, 5.74) is 1.13.